The maximum Gasteiger partial charge on any atom is 0.408 e. The fourth-order valence-corrected chi connectivity index (χ4v) is 4.35. The van der Waals surface area contributed by atoms with Crippen LogP contribution in [0.25, 0.3) is 0 Å². The number of esters is 1. The topological polar surface area (TPSA) is 176 Å². The molecule has 0 fully saturated rings. The summed E-state index contributed by atoms with van der Waals surface area (Å²) in [5, 5.41) is 16.1. The molecule has 0 radical (unpaired) electrons. The van der Waals surface area contributed by atoms with Gasteiger partial charge in [-0.2, -0.15) is 0 Å². The summed E-state index contributed by atoms with van der Waals surface area (Å²) in [7, 11) is 1.10. The Morgan fingerprint density at radius 2 is 1.84 bits per heavy atom. The van der Waals surface area contributed by atoms with Gasteiger partial charge in [0, 0.05) is 30.9 Å². The molecule has 0 spiro atoms. The number of aromatic nitrogens is 1. The lowest BCUT2D eigenvalue weighted by Crippen LogP contribution is -2.60. The standard InChI is InChI=1S/C30H40N6O7/c1-20(2)12-13-30(41,28(39)42-4)34-26(37)25(33-29(40)43-18-22-9-6-5-7-10-22)15-24-17-35(27(38)21(3)31)19-36(24)23-11-8-14-32-16-23/h5-11,14,16-17,20-21,25,41H,12-13,15,18-19,31H2,1-4H3,(H,33,40)(H,34,37)/t21-,25+,30-/m0/s1. The van der Waals surface area contributed by atoms with Gasteiger partial charge in [0.25, 0.3) is 0 Å². The second-order valence-electron chi connectivity index (χ2n) is 10.7. The molecule has 2 aromatic rings. The first kappa shape index (κ1) is 33.0. The molecule has 0 saturated carbocycles. The number of alkyl carbamates (subject to hydrolysis) is 1. The largest absolute Gasteiger partial charge is 0.465 e. The van der Waals surface area contributed by atoms with Gasteiger partial charge in [0.2, 0.25) is 17.5 Å². The molecule has 13 nitrogen and oxygen atoms in total. The number of pyridine rings is 1. The van der Waals surface area contributed by atoms with Crippen LogP contribution in [0.4, 0.5) is 10.5 Å². The van der Waals surface area contributed by atoms with Crippen molar-refractivity contribution in [3.05, 3.63) is 72.3 Å². The van der Waals surface area contributed by atoms with Gasteiger partial charge in [0.1, 0.15) is 19.3 Å². The smallest absolute Gasteiger partial charge is 0.408 e. The molecule has 1 aromatic carbocycles. The number of nitrogens with one attached hydrogen (secondary N) is 2. The molecule has 1 aliphatic heterocycles. The van der Waals surface area contributed by atoms with E-state index in [0.29, 0.717) is 17.8 Å². The van der Waals surface area contributed by atoms with Gasteiger partial charge in [-0.15, -0.1) is 0 Å². The Hall–Kier alpha value is -4.49. The number of rotatable bonds is 13. The van der Waals surface area contributed by atoms with Gasteiger partial charge in [0.05, 0.1) is 25.0 Å². The van der Waals surface area contributed by atoms with Crippen LogP contribution < -0.4 is 21.3 Å². The Labute approximate surface area is 251 Å². The van der Waals surface area contributed by atoms with Crippen molar-refractivity contribution in [3.63, 3.8) is 0 Å². The molecule has 43 heavy (non-hydrogen) atoms. The number of hydrogen-bond donors (Lipinski definition) is 4. The summed E-state index contributed by atoms with van der Waals surface area (Å²) in [6.45, 7) is 5.41. The maximum absolute atomic E-state index is 13.7. The van der Waals surface area contributed by atoms with Crippen molar-refractivity contribution in [1.82, 2.24) is 20.5 Å². The second kappa shape index (κ2) is 15.1. The first-order chi connectivity index (χ1) is 20.4. The van der Waals surface area contributed by atoms with Crippen molar-refractivity contribution in [1.29, 1.82) is 0 Å². The Kier molecular flexibility index (Phi) is 11.6. The highest BCUT2D eigenvalue weighted by Crippen LogP contribution is 2.28. The first-order valence-electron chi connectivity index (χ1n) is 14.0. The zero-order valence-corrected chi connectivity index (χ0v) is 24.9. The Morgan fingerprint density at radius 3 is 2.44 bits per heavy atom. The number of hydrogen-bond acceptors (Lipinski definition) is 10. The number of ether oxygens (including phenoxy) is 2. The van der Waals surface area contributed by atoms with E-state index in [1.54, 1.807) is 66.8 Å². The molecule has 0 saturated heterocycles. The third kappa shape index (κ3) is 9.25. The molecule has 2 heterocycles. The number of methoxy groups -OCH3 is 1. The van der Waals surface area contributed by atoms with Crippen molar-refractivity contribution in [2.75, 3.05) is 18.7 Å². The van der Waals surface area contributed by atoms with Gasteiger partial charge in [-0.3, -0.25) is 19.5 Å². The van der Waals surface area contributed by atoms with Crippen LogP contribution in [0.1, 0.15) is 45.6 Å². The van der Waals surface area contributed by atoms with Crippen LogP contribution in [-0.4, -0.2) is 70.5 Å². The summed E-state index contributed by atoms with van der Waals surface area (Å²) in [4.78, 5) is 59.2. The van der Waals surface area contributed by atoms with Crippen molar-refractivity contribution in [2.24, 2.45) is 11.7 Å². The summed E-state index contributed by atoms with van der Waals surface area (Å²) >= 11 is 0. The molecule has 13 heteroatoms. The van der Waals surface area contributed by atoms with E-state index >= 15 is 0 Å². The fourth-order valence-electron chi connectivity index (χ4n) is 4.35. The number of amides is 3. The molecule has 3 amide bonds. The molecule has 232 valence electrons. The van der Waals surface area contributed by atoms with Gasteiger partial charge in [-0.25, -0.2) is 9.59 Å². The monoisotopic (exact) mass is 596 g/mol. The predicted octanol–water partition coefficient (Wildman–Crippen LogP) is 1.98. The van der Waals surface area contributed by atoms with Crippen LogP contribution in [0.2, 0.25) is 0 Å². The summed E-state index contributed by atoms with van der Waals surface area (Å²) < 4.78 is 10.1. The van der Waals surface area contributed by atoms with Crippen molar-refractivity contribution < 1.29 is 33.8 Å². The Bertz CT molecular complexity index is 1290. The Morgan fingerprint density at radius 1 is 1.12 bits per heavy atom. The molecule has 3 atom stereocenters. The average molecular weight is 597 g/mol. The van der Waals surface area contributed by atoms with Crippen LogP contribution in [-0.2, 0) is 30.5 Å². The van der Waals surface area contributed by atoms with E-state index in [4.69, 9.17) is 15.2 Å². The van der Waals surface area contributed by atoms with Crippen molar-refractivity contribution in [3.8, 4) is 0 Å². The molecular weight excluding hydrogens is 556 g/mol. The number of carbonyl (C=O) groups excluding carboxylic acids is 4. The van der Waals surface area contributed by atoms with E-state index in [0.717, 1.165) is 12.7 Å². The van der Waals surface area contributed by atoms with Gasteiger partial charge < -0.3 is 35.8 Å². The number of nitrogens with zero attached hydrogens (tertiary/aromatic N) is 3. The van der Waals surface area contributed by atoms with Crippen molar-refractivity contribution >= 4 is 29.6 Å². The molecular formula is C30H40N6O7. The Balaban J connectivity index is 1.91. The third-order valence-electron chi connectivity index (χ3n) is 6.75. The molecule has 5 N–H and O–H groups in total. The first-order valence-corrected chi connectivity index (χ1v) is 14.0. The van der Waals surface area contributed by atoms with Gasteiger partial charge in [-0.1, -0.05) is 44.2 Å². The highest BCUT2D eigenvalue weighted by atomic mass is 16.6. The minimum absolute atomic E-state index is 0.0529. The van der Waals surface area contributed by atoms with E-state index in [2.05, 4.69) is 15.6 Å². The highest BCUT2D eigenvalue weighted by molar-refractivity contribution is 5.91. The van der Waals surface area contributed by atoms with E-state index in [1.165, 1.54) is 4.90 Å². The third-order valence-corrected chi connectivity index (χ3v) is 6.75. The second-order valence-corrected chi connectivity index (χ2v) is 10.7. The summed E-state index contributed by atoms with van der Waals surface area (Å²) in [5.41, 5.74) is 5.33. The van der Waals surface area contributed by atoms with E-state index in [-0.39, 0.29) is 37.9 Å². The number of anilines is 1. The van der Waals surface area contributed by atoms with Crippen LogP contribution in [0, 0.1) is 5.92 Å². The normalized spacial score (nSPS) is 15.7. The highest BCUT2D eigenvalue weighted by Gasteiger charge is 2.41. The average Bonchev–Trinajstić information content (AvgIpc) is 3.42. The van der Waals surface area contributed by atoms with Crippen LogP contribution >= 0.6 is 0 Å². The van der Waals surface area contributed by atoms with Gasteiger partial charge in [0.15, 0.2) is 0 Å². The minimum atomic E-state index is -2.34. The minimum Gasteiger partial charge on any atom is -0.465 e. The molecule has 0 bridgehead atoms. The number of nitrogens with two attached hydrogens (primary N) is 1. The van der Waals surface area contributed by atoms with Crippen LogP contribution in [0.5, 0.6) is 0 Å². The lowest BCUT2D eigenvalue weighted by atomic mass is 9.99. The number of aliphatic hydroxyl groups is 1. The van der Waals surface area contributed by atoms with Gasteiger partial charge >= 0.3 is 12.1 Å². The number of carbonyl (C=O) groups is 4. The number of benzene rings is 1. The molecule has 1 aromatic heterocycles. The maximum atomic E-state index is 13.7. The molecule has 0 aliphatic carbocycles. The van der Waals surface area contributed by atoms with Gasteiger partial charge in [-0.05, 0) is 37.0 Å². The lowest BCUT2D eigenvalue weighted by Gasteiger charge is -2.30. The fraction of sp³-hybridized carbons (Fsp3) is 0.433. The van der Waals surface area contributed by atoms with Crippen LogP contribution in [0.15, 0.2) is 66.8 Å². The SMILES string of the molecule is COC(=O)[C@@](O)(CCC(C)C)NC(=O)[C@@H](CC1=CN(C(=O)[C@H](C)N)CN1c1cccnc1)NC(=O)OCc1ccccc1. The summed E-state index contributed by atoms with van der Waals surface area (Å²) in [6.07, 6.45) is 3.97. The summed E-state index contributed by atoms with van der Waals surface area (Å²) in [6, 6.07) is 10.4. The quantitative estimate of drug-likeness (QED) is 0.198. The molecule has 1 aliphatic rings. The van der Waals surface area contributed by atoms with E-state index in [1.807, 2.05) is 19.9 Å². The zero-order chi connectivity index (χ0) is 31.6. The zero-order valence-electron chi connectivity index (χ0n) is 24.9. The lowest BCUT2D eigenvalue weighted by molar-refractivity contribution is -0.170. The predicted molar refractivity (Wildman–Crippen MR) is 158 cm³/mol. The van der Waals surface area contributed by atoms with E-state index in [9.17, 15) is 24.3 Å². The van der Waals surface area contributed by atoms with Crippen LogP contribution in [0.3, 0.4) is 0 Å². The van der Waals surface area contributed by atoms with E-state index < -0.39 is 35.8 Å². The molecule has 3 rings (SSSR count). The summed E-state index contributed by atoms with van der Waals surface area (Å²) in [5.74, 6) is -2.15. The van der Waals surface area contributed by atoms with Crippen molar-refractivity contribution in [2.45, 2.75) is 64.4 Å². The molecule has 0 unspecified atom stereocenters.